The van der Waals surface area contributed by atoms with Crippen molar-refractivity contribution in [1.29, 1.82) is 0 Å². The van der Waals surface area contributed by atoms with Crippen molar-refractivity contribution in [3.63, 3.8) is 0 Å². The summed E-state index contributed by atoms with van der Waals surface area (Å²) in [5, 5.41) is 12.9. The molecule has 0 saturated carbocycles. The Morgan fingerprint density at radius 2 is 0.766 bits per heavy atom. The van der Waals surface area contributed by atoms with Gasteiger partial charge in [0, 0.05) is 5.41 Å². The van der Waals surface area contributed by atoms with Crippen LogP contribution in [0.2, 0.25) is 0 Å². The van der Waals surface area contributed by atoms with Gasteiger partial charge in [0.1, 0.15) is 0 Å². The minimum atomic E-state index is -0.00573. The summed E-state index contributed by atoms with van der Waals surface area (Å²) in [5.74, 6) is 0. The molecule has 1 aliphatic rings. The van der Waals surface area contributed by atoms with Gasteiger partial charge >= 0.3 is 0 Å². The Morgan fingerprint density at radius 1 is 0.298 bits per heavy atom. The minimum Gasteiger partial charge on any atom is -0.0619 e. The summed E-state index contributed by atoms with van der Waals surface area (Å²) in [6.45, 7) is 4.71. The molecule has 0 saturated heterocycles. The first-order valence-corrected chi connectivity index (χ1v) is 16.6. The Labute approximate surface area is 274 Å². The van der Waals surface area contributed by atoms with E-state index in [1.165, 1.54) is 98.4 Å². The third kappa shape index (κ3) is 3.88. The molecule has 0 spiro atoms. The monoisotopic (exact) mass is 596 g/mol. The topological polar surface area (TPSA) is 0 Å². The largest absolute Gasteiger partial charge is 0.0619 e. The molecule has 0 aromatic heterocycles. The molecule has 0 nitrogen and oxygen atoms in total. The lowest BCUT2D eigenvalue weighted by Crippen LogP contribution is -2.14. The van der Waals surface area contributed by atoms with Gasteiger partial charge in [-0.2, -0.15) is 0 Å². The van der Waals surface area contributed by atoms with Crippen molar-refractivity contribution in [2.45, 2.75) is 19.3 Å². The van der Waals surface area contributed by atoms with Gasteiger partial charge in [0.25, 0.3) is 0 Å². The molecule has 0 unspecified atom stereocenters. The fourth-order valence-electron chi connectivity index (χ4n) is 8.30. The van der Waals surface area contributed by atoms with Gasteiger partial charge in [-0.15, -0.1) is 0 Å². The van der Waals surface area contributed by atoms with E-state index in [4.69, 9.17) is 0 Å². The van der Waals surface area contributed by atoms with E-state index >= 15 is 0 Å². The second kappa shape index (κ2) is 9.64. The first-order chi connectivity index (χ1) is 23.0. The highest BCUT2D eigenvalue weighted by Gasteiger charge is 2.35. The van der Waals surface area contributed by atoms with Gasteiger partial charge < -0.3 is 0 Å². The SMILES string of the molecule is CC1(C)c2ccccc2-c2ccc(-c3ccc4c(ccc5ccc(-c6ccc7ccc8c9ccccc9ccc8c7c6)cc54)c3)cc21. The van der Waals surface area contributed by atoms with Crippen molar-refractivity contribution in [3.8, 4) is 33.4 Å². The minimum absolute atomic E-state index is 0.00573. The molecule has 0 heteroatoms. The normalized spacial score (nSPS) is 13.5. The van der Waals surface area contributed by atoms with Crippen LogP contribution < -0.4 is 0 Å². The maximum absolute atomic E-state index is 2.42. The quantitative estimate of drug-likeness (QED) is 0.174. The third-order valence-corrected chi connectivity index (χ3v) is 10.8. The summed E-state index contributed by atoms with van der Waals surface area (Å²) >= 11 is 0. The van der Waals surface area contributed by atoms with Crippen molar-refractivity contribution in [2.24, 2.45) is 0 Å². The van der Waals surface area contributed by atoms with E-state index in [1.54, 1.807) is 0 Å². The maximum atomic E-state index is 2.42. The fourth-order valence-corrected chi connectivity index (χ4v) is 8.30. The van der Waals surface area contributed by atoms with Gasteiger partial charge in [-0.25, -0.2) is 0 Å². The Hall–Kier alpha value is -5.72. The Morgan fingerprint density at radius 3 is 1.57 bits per heavy atom. The molecule has 1 aliphatic carbocycles. The predicted octanol–water partition coefficient (Wildman–Crippen LogP) is 13.1. The molecular weight excluding hydrogens is 565 g/mol. The molecule has 9 aromatic rings. The molecule has 47 heavy (non-hydrogen) atoms. The van der Waals surface area contributed by atoms with Crippen LogP contribution in [0.15, 0.2) is 158 Å². The van der Waals surface area contributed by atoms with Crippen LogP contribution in [0.25, 0.3) is 87.2 Å². The molecule has 0 radical (unpaired) electrons. The molecule has 0 N–H and O–H groups in total. The van der Waals surface area contributed by atoms with Crippen LogP contribution in [0, 0.1) is 0 Å². The smallest absolute Gasteiger partial charge is 0.0159 e. The van der Waals surface area contributed by atoms with E-state index in [0.29, 0.717) is 0 Å². The Balaban J connectivity index is 1.08. The van der Waals surface area contributed by atoms with Gasteiger partial charge in [0.15, 0.2) is 0 Å². The van der Waals surface area contributed by atoms with Crippen LogP contribution in [0.4, 0.5) is 0 Å². The molecule has 10 rings (SSSR count). The summed E-state index contributed by atoms with van der Waals surface area (Å²) in [4.78, 5) is 0. The summed E-state index contributed by atoms with van der Waals surface area (Å²) in [6, 6.07) is 59.1. The highest BCUT2D eigenvalue weighted by Crippen LogP contribution is 2.49. The van der Waals surface area contributed by atoms with Crippen LogP contribution in [0.3, 0.4) is 0 Å². The van der Waals surface area contributed by atoms with Crippen molar-refractivity contribution in [1.82, 2.24) is 0 Å². The molecule has 0 atom stereocenters. The third-order valence-electron chi connectivity index (χ3n) is 10.8. The zero-order valence-electron chi connectivity index (χ0n) is 26.5. The second-order valence-electron chi connectivity index (χ2n) is 13.8. The lowest BCUT2D eigenvalue weighted by molar-refractivity contribution is 0.660. The zero-order chi connectivity index (χ0) is 31.3. The van der Waals surface area contributed by atoms with Crippen LogP contribution >= 0.6 is 0 Å². The average Bonchev–Trinajstić information content (AvgIpc) is 3.36. The second-order valence-corrected chi connectivity index (χ2v) is 13.8. The zero-order valence-corrected chi connectivity index (χ0v) is 26.5. The van der Waals surface area contributed by atoms with Crippen molar-refractivity contribution in [3.05, 3.63) is 169 Å². The Kier molecular flexibility index (Phi) is 5.44. The standard InChI is InChI=1S/C47H32/c1-47(2)45-10-6-5-9-41(45)42-24-20-35(28-46(42)47)32-19-21-38-36(25-32)16-13-30-11-14-33(26-43(30)38)34-15-12-31-18-22-39-37-8-4-3-7-29(37)17-23-40(39)44(31)27-34/h3-28H,1-2H3. The highest BCUT2D eigenvalue weighted by atomic mass is 14.4. The summed E-state index contributed by atoms with van der Waals surface area (Å²) in [5.41, 5.74) is 10.6. The molecule has 0 bridgehead atoms. The van der Waals surface area contributed by atoms with E-state index in [9.17, 15) is 0 Å². The molecule has 0 fully saturated rings. The van der Waals surface area contributed by atoms with Crippen molar-refractivity contribution < 1.29 is 0 Å². The molecule has 9 aromatic carbocycles. The van der Waals surface area contributed by atoms with Gasteiger partial charge in [-0.05, 0) is 123 Å². The average molecular weight is 597 g/mol. The fraction of sp³-hybridized carbons (Fsp3) is 0.0638. The maximum Gasteiger partial charge on any atom is 0.0159 e. The summed E-state index contributed by atoms with van der Waals surface area (Å²) < 4.78 is 0. The number of rotatable bonds is 2. The lowest BCUT2D eigenvalue weighted by atomic mass is 9.81. The number of benzene rings is 9. The van der Waals surface area contributed by atoms with Gasteiger partial charge in [-0.1, -0.05) is 147 Å². The van der Waals surface area contributed by atoms with E-state index in [1.807, 2.05) is 0 Å². The van der Waals surface area contributed by atoms with Crippen LogP contribution in [-0.4, -0.2) is 0 Å². The van der Waals surface area contributed by atoms with Gasteiger partial charge in [0.05, 0.1) is 0 Å². The number of fused-ring (bicyclic) bond motifs is 11. The van der Waals surface area contributed by atoms with Crippen molar-refractivity contribution in [2.75, 3.05) is 0 Å². The van der Waals surface area contributed by atoms with Crippen LogP contribution in [0.5, 0.6) is 0 Å². The molecular formula is C47H32. The van der Waals surface area contributed by atoms with E-state index in [-0.39, 0.29) is 5.41 Å². The lowest BCUT2D eigenvalue weighted by Gasteiger charge is -2.22. The predicted molar refractivity (Wildman–Crippen MR) is 202 cm³/mol. The summed E-state index contributed by atoms with van der Waals surface area (Å²) in [7, 11) is 0. The number of hydrogen-bond donors (Lipinski definition) is 0. The first kappa shape index (κ1) is 26.5. The first-order valence-electron chi connectivity index (χ1n) is 16.6. The van der Waals surface area contributed by atoms with Crippen molar-refractivity contribution >= 4 is 53.9 Å². The Bertz CT molecular complexity index is 2760. The highest BCUT2D eigenvalue weighted by molar-refractivity contribution is 6.18. The van der Waals surface area contributed by atoms with E-state index < -0.39 is 0 Å². The summed E-state index contributed by atoms with van der Waals surface area (Å²) in [6.07, 6.45) is 0. The molecule has 0 heterocycles. The van der Waals surface area contributed by atoms with E-state index in [0.717, 1.165) is 0 Å². The molecule has 220 valence electrons. The molecule has 0 aliphatic heterocycles. The molecule has 0 amide bonds. The van der Waals surface area contributed by atoms with Gasteiger partial charge in [-0.3, -0.25) is 0 Å². The van der Waals surface area contributed by atoms with Gasteiger partial charge in [0.2, 0.25) is 0 Å². The van der Waals surface area contributed by atoms with E-state index in [2.05, 4.69) is 172 Å². The van der Waals surface area contributed by atoms with Crippen LogP contribution in [-0.2, 0) is 5.41 Å². The van der Waals surface area contributed by atoms with Crippen LogP contribution in [0.1, 0.15) is 25.0 Å². The number of hydrogen-bond acceptors (Lipinski definition) is 0.